The van der Waals surface area contributed by atoms with Crippen molar-refractivity contribution in [3.8, 4) is 17.3 Å². The third-order valence-corrected chi connectivity index (χ3v) is 7.95. The molecular formula is C34H34F2N6O3. The molecule has 2 N–H and O–H groups in total. The number of aromatic nitrogens is 5. The van der Waals surface area contributed by atoms with Crippen LogP contribution in [0.1, 0.15) is 49.7 Å². The van der Waals surface area contributed by atoms with Crippen LogP contribution in [0.4, 0.5) is 20.3 Å². The number of hydrogen-bond donors (Lipinski definition) is 2. The Balaban J connectivity index is 1.43. The Morgan fingerprint density at radius 3 is 2.64 bits per heavy atom. The van der Waals surface area contributed by atoms with Gasteiger partial charge in [-0.05, 0) is 49.8 Å². The molecule has 0 radical (unpaired) electrons. The van der Waals surface area contributed by atoms with E-state index in [1.54, 1.807) is 10.9 Å². The third kappa shape index (κ3) is 6.53. The van der Waals surface area contributed by atoms with Gasteiger partial charge in [-0.25, -0.2) is 18.7 Å². The van der Waals surface area contributed by atoms with Crippen molar-refractivity contribution in [2.75, 3.05) is 18.5 Å². The maximum Gasteiger partial charge on any atom is 0.182 e. The number of carbonyl (C=O) groups is 1. The van der Waals surface area contributed by atoms with E-state index < -0.39 is 11.6 Å². The van der Waals surface area contributed by atoms with Gasteiger partial charge in [-0.1, -0.05) is 32.0 Å². The van der Waals surface area contributed by atoms with Crippen LogP contribution in [-0.2, 0) is 30.6 Å². The van der Waals surface area contributed by atoms with Crippen molar-refractivity contribution in [3.63, 3.8) is 0 Å². The molecule has 0 spiro atoms. The fraction of sp³-hybridized carbons (Fsp3) is 0.324. The van der Waals surface area contributed by atoms with Gasteiger partial charge in [0.15, 0.2) is 5.82 Å². The number of carbonyl (C=O) groups excluding carboxylic acids is 1. The second-order valence-corrected chi connectivity index (χ2v) is 12.2. The number of para-hydroxylation sites is 1. The minimum atomic E-state index is -0.774. The van der Waals surface area contributed by atoms with Crippen LogP contribution < -0.4 is 10.1 Å². The van der Waals surface area contributed by atoms with E-state index in [9.17, 15) is 4.79 Å². The topological polar surface area (TPSA) is 115 Å². The van der Waals surface area contributed by atoms with Crippen LogP contribution >= 0.6 is 0 Å². The SMILES string of the molecule is CC(=O)Cc1cc(Nc2nc(-c3nn(Cc4c(F)cc(OCCO)cc4F)c4ccccc34)nc3c2CCC(C)(C)C3)ccn1. The minimum Gasteiger partial charge on any atom is -0.491 e. The molecule has 1 aliphatic carbocycles. The molecule has 9 nitrogen and oxygen atoms in total. The standard InChI is InChI=1S/C34H34F2N6O3/c1-20(44)14-22-15-21(9-11-37-22)38-32-24-8-10-34(2,3)18-29(24)39-33(40-32)31-25-6-4-5-7-30(25)42(41-31)19-26-27(35)16-23(17-28(26)36)45-13-12-43/h4-7,9,11,15-17,43H,8,10,12-14,18-19H2,1-3H3,(H,37,38,39,40). The Kier molecular flexibility index (Phi) is 8.28. The van der Waals surface area contributed by atoms with Gasteiger partial charge < -0.3 is 15.2 Å². The molecule has 3 heterocycles. The Labute approximate surface area is 259 Å². The molecule has 5 aromatic rings. The van der Waals surface area contributed by atoms with Gasteiger partial charge in [0.05, 0.1) is 24.4 Å². The third-order valence-electron chi connectivity index (χ3n) is 7.95. The lowest BCUT2D eigenvalue weighted by atomic mass is 9.76. The van der Waals surface area contributed by atoms with Gasteiger partial charge in [0.2, 0.25) is 0 Å². The van der Waals surface area contributed by atoms with Crippen molar-refractivity contribution in [1.29, 1.82) is 0 Å². The molecule has 3 aromatic heterocycles. The molecule has 0 amide bonds. The van der Waals surface area contributed by atoms with E-state index in [4.69, 9.17) is 24.9 Å². The molecule has 0 saturated heterocycles. The molecule has 0 unspecified atom stereocenters. The highest BCUT2D eigenvalue weighted by Crippen LogP contribution is 2.39. The second-order valence-electron chi connectivity index (χ2n) is 12.2. The first-order valence-corrected chi connectivity index (χ1v) is 14.9. The Morgan fingerprint density at radius 2 is 1.89 bits per heavy atom. The second kappa shape index (κ2) is 12.3. The molecule has 45 heavy (non-hydrogen) atoms. The summed E-state index contributed by atoms with van der Waals surface area (Å²) in [5.74, 6) is -0.470. The Hall–Kier alpha value is -4.77. The van der Waals surface area contributed by atoms with Crippen LogP contribution in [0.5, 0.6) is 5.75 Å². The summed E-state index contributed by atoms with van der Waals surface area (Å²) in [5.41, 5.74) is 4.41. The van der Waals surface area contributed by atoms with Gasteiger partial charge in [-0.2, -0.15) is 5.10 Å². The van der Waals surface area contributed by atoms with Crippen molar-refractivity contribution < 1.29 is 23.4 Å². The normalized spacial score (nSPS) is 13.9. The number of halogens is 2. The van der Waals surface area contributed by atoms with E-state index >= 15 is 8.78 Å². The summed E-state index contributed by atoms with van der Waals surface area (Å²) in [4.78, 5) is 26.0. The monoisotopic (exact) mass is 612 g/mol. The molecule has 1 aliphatic rings. The van der Waals surface area contributed by atoms with Crippen LogP contribution in [0.2, 0.25) is 0 Å². The number of benzene rings is 2. The first-order valence-electron chi connectivity index (χ1n) is 14.9. The van der Waals surface area contributed by atoms with Crippen LogP contribution in [0.25, 0.3) is 22.4 Å². The maximum absolute atomic E-state index is 15.1. The number of fused-ring (bicyclic) bond motifs is 2. The number of anilines is 2. The summed E-state index contributed by atoms with van der Waals surface area (Å²) in [6, 6.07) is 13.3. The highest BCUT2D eigenvalue weighted by molar-refractivity contribution is 5.92. The molecule has 0 atom stereocenters. The number of Topliss-reactive ketones (excluding diaryl/α,β-unsaturated/α-hetero) is 1. The number of nitrogens with one attached hydrogen (secondary N) is 1. The van der Waals surface area contributed by atoms with Crippen LogP contribution in [-0.4, -0.2) is 48.8 Å². The zero-order valence-corrected chi connectivity index (χ0v) is 25.4. The van der Waals surface area contributed by atoms with Crippen molar-refractivity contribution in [2.45, 2.75) is 53.0 Å². The smallest absolute Gasteiger partial charge is 0.182 e. The first kappa shape index (κ1) is 30.3. The van der Waals surface area contributed by atoms with Gasteiger partial charge in [-0.3, -0.25) is 14.5 Å². The van der Waals surface area contributed by atoms with Crippen molar-refractivity contribution in [2.24, 2.45) is 5.41 Å². The summed E-state index contributed by atoms with van der Waals surface area (Å²) in [6.45, 7) is 5.46. The van der Waals surface area contributed by atoms with Gasteiger partial charge in [0, 0.05) is 52.6 Å². The molecule has 0 bridgehead atoms. The van der Waals surface area contributed by atoms with E-state index in [-0.39, 0.29) is 48.7 Å². The van der Waals surface area contributed by atoms with Gasteiger partial charge >= 0.3 is 0 Å². The number of ketones is 1. The number of rotatable bonds is 10. The lowest BCUT2D eigenvalue weighted by Gasteiger charge is -2.31. The zero-order valence-electron chi connectivity index (χ0n) is 25.4. The molecule has 11 heteroatoms. The first-order chi connectivity index (χ1) is 21.6. The molecule has 0 saturated carbocycles. The minimum absolute atomic E-state index is 0.00170. The number of aliphatic hydroxyl groups is 1. The van der Waals surface area contributed by atoms with Crippen LogP contribution in [0.15, 0.2) is 54.7 Å². The van der Waals surface area contributed by atoms with Gasteiger partial charge in [-0.15, -0.1) is 0 Å². The summed E-state index contributed by atoms with van der Waals surface area (Å²) < 4.78 is 36.9. The highest BCUT2D eigenvalue weighted by Gasteiger charge is 2.30. The van der Waals surface area contributed by atoms with E-state index in [0.29, 0.717) is 28.5 Å². The van der Waals surface area contributed by atoms with E-state index in [2.05, 4.69) is 24.1 Å². The van der Waals surface area contributed by atoms with Crippen molar-refractivity contribution in [3.05, 3.63) is 88.9 Å². The van der Waals surface area contributed by atoms with E-state index in [0.717, 1.165) is 53.7 Å². The average Bonchev–Trinajstić information content (AvgIpc) is 3.35. The number of pyridine rings is 1. The van der Waals surface area contributed by atoms with Crippen molar-refractivity contribution in [1.82, 2.24) is 24.7 Å². The largest absolute Gasteiger partial charge is 0.491 e. The van der Waals surface area contributed by atoms with Crippen LogP contribution in [0.3, 0.4) is 0 Å². The number of nitrogens with zero attached hydrogens (tertiary/aromatic N) is 5. The predicted molar refractivity (Wildman–Crippen MR) is 167 cm³/mol. The fourth-order valence-corrected chi connectivity index (χ4v) is 5.74. The Morgan fingerprint density at radius 1 is 1.11 bits per heavy atom. The Bertz CT molecular complexity index is 1880. The molecular weight excluding hydrogens is 578 g/mol. The molecule has 0 aliphatic heterocycles. The molecule has 2 aromatic carbocycles. The zero-order chi connectivity index (χ0) is 31.7. The lowest BCUT2D eigenvalue weighted by molar-refractivity contribution is -0.116. The summed E-state index contributed by atoms with van der Waals surface area (Å²) >= 11 is 0. The summed E-state index contributed by atoms with van der Waals surface area (Å²) in [7, 11) is 0. The van der Waals surface area contributed by atoms with Gasteiger partial charge in [0.1, 0.15) is 41.3 Å². The predicted octanol–water partition coefficient (Wildman–Crippen LogP) is 5.98. The van der Waals surface area contributed by atoms with E-state index in [1.165, 1.54) is 6.92 Å². The highest BCUT2D eigenvalue weighted by atomic mass is 19.1. The fourth-order valence-electron chi connectivity index (χ4n) is 5.74. The average molecular weight is 613 g/mol. The number of hydrogen-bond acceptors (Lipinski definition) is 8. The summed E-state index contributed by atoms with van der Waals surface area (Å²) in [6.07, 6.45) is 4.42. The number of aliphatic hydroxyl groups excluding tert-OH is 1. The number of ether oxygens (including phenoxy) is 1. The molecule has 6 rings (SSSR count). The molecule has 0 fully saturated rings. The quantitative estimate of drug-likeness (QED) is 0.198. The summed E-state index contributed by atoms with van der Waals surface area (Å²) in [5, 5.41) is 18.0. The van der Waals surface area contributed by atoms with E-state index in [1.807, 2.05) is 36.4 Å². The maximum atomic E-state index is 15.1. The van der Waals surface area contributed by atoms with Gasteiger partial charge in [0.25, 0.3) is 0 Å². The lowest BCUT2D eigenvalue weighted by Crippen LogP contribution is -2.25. The van der Waals surface area contributed by atoms with Crippen molar-refractivity contribution >= 4 is 28.2 Å². The van der Waals surface area contributed by atoms with Crippen LogP contribution in [0, 0.1) is 17.0 Å². The molecule has 232 valence electrons.